The molecule has 1 heterocycles. The maximum absolute atomic E-state index is 12.7. The first-order valence-corrected chi connectivity index (χ1v) is 8.57. The van der Waals surface area contributed by atoms with Gasteiger partial charge in [-0.15, -0.1) is 12.4 Å². The van der Waals surface area contributed by atoms with Crippen molar-refractivity contribution in [1.29, 1.82) is 0 Å². The van der Waals surface area contributed by atoms with E-state index in [-0.39, 0.29) is 24.5 Å². The van der Waals surface area contributed by atoms with E-state index in [1.807, 2.05) is 32.9 Å². The Hall–Kier alpha value is -0.140. The first kappa shape index (κ1) is 17.9. The van der Waals surface area contributed by atoms with Crippen LogP contribution < -0.4 is 5.32 Å². The molecule has 1 aliphatic heterocycles. The molecule has 1 fully saturated rings. The normalized spacial score (nSPS) is 24.2. The Kier molecular flexibility index (Phi) is 6.04. The third kappa shape index (κ3) is 3.54. The monoisotopic (exact) mass is 382 g/mol. The minimum Gasteiger partial charge on any atom is -0.311 e. The fourth-order valence-electron chi connectivity index (χ4n) is 2.26. The van der Waals surface area contributed by atoms with Crippen LogP contribution in [0.1, 0.15) is 19.4 Å². The number of aryl methyl sites for hydroxylation is 1. The highest BCUT2D eigenvalue weighted by Gasteiger charge is 2.34. The van der Waals surface area contributed by atoms with Crippen molar-refractivity contribution in [2.45, 2.75) is 37.8 Å². The second-order valence-corrected chi connectivity index (χ2v) is 7.88. The van der Waals surface area contributed by atoms with Gasteiger partial charge < -0.3 is 5.32 Å². The average Bonchev–Trinajstić information content (AvgIpc) is 2.31. The Balaban J connectivity index is 0.00000200. The molecule has 1 N–H and O–H groups in total. The molecule has 0 spiro atoms. The van der Waals surface area contributed by atoms with Crippen molar-refractivity contribution in [1.82, 2.24) is 9.62 Å². The molecule has 1 aromatic rings. The van der Waals surface area contributed by atoms with Gasteiger partial charge in [0.1, 0.15) is 0 Å². The summed E-state index contributed by atoms with van der Waals surface area (Å²) < 4.78 is 27.7. The van der Waals surface area contributed by atoms with Crippen molar-refractivity contribution in [3.8, 4) is 0 Å². The van der Waals surface area contributed by atoms with E-state index in [1.54, 1.807) is 10.4 Å². The summed E-state index contributed by atoms with van der Waals surface area (Å²) in [6, 6.07) is 5.48. The van der Waals surface area contributed by atoms with Crippen molar-refractivity contribution in [3.05, 3.63) is 28.2 Å². The zero-order valence-electron chi connectivity index (χ0n) is 11.8. The summed E-state index contributed by atoms with van der Waals surface area (Å²) in [6.45, 7) is 7.06. The van der Waals surface area contributed by atoms with Gasteiger partial charge in [-0.25, -0.2) is 8.42 Å². The lowest BCUT2D eigenvalue weighted by atomic mass is 10.2. The Morgan fingerprint density at radius 3 is 2.60 bits per heavy atom. The summed E-state index contributed by atoms with van der Waals surface area (Å²) >= 11 is 3.36. The van der Waals surface area contributed by atoms with Gasteiger partial charge in [0, 0.05) is 29.6 Å². The maximum atomic E-state index is 12.7. The predicted octanol–water partition coefficient (Wildman–Crippen LogP) is 2.55. The van der Waals surface area contributed by atoms with Gasteiger partial charge in [0.25, 0.3) is 0 Å². The molecule has 0 aromatic heterocycles. The predicted molar refractivity (Wildman–Crippen MR) is 86.9 cm³/mol. The number of hydrogen-bond donors (Lipinski definition) is 1. The molecule has 0 saturated carbocycles. The van der Waals surface area contributed by atoms with Gasteiger partial charge in [0.15, 0.2) is 0 Å². The number of piperazine rings is 1. The van der Waals surface area contributed by atoms with Crippen molar-refractivity contribution >= 4 is 38.4 Å². The highest BCUT2D eigenvalue weighted by molar-refractivity contribution is 9.10. The van der Waals surface area contributed by atoms with E-state index in [1.165, 1.54) is 0 Å². The summed E-state index contributed by atoms with van der Waals surface area (Å²) in [5.41, 5.74) is 1.03. The van der Waals surface area contributed by atoms with Crippen LogP contribution in [0.25, 0.3) is 0 Å². The van der Waals surface area contributed by atoms with Crippen LogP contribution in [0.4, 0.5) is 0 Å². The molecule has 0 amide bonds. The molecular weight excluding hydrogens is 364 g/mol. The summed E-state index contributed by atoms with van der Waals surface area (Å²) in [5.74, 6) is 0. The van der Waals surface area contributed by atoms with E-state index in [0.29, 0.717) is 22.5 Å². The number of sulfonamides is 1. The standard InChI is InChI=1S/C13H19BrN2O2S.ClH/c1-9-4-5-13(12(14)6-9)19(17,18)16-8-10(2)15-7-11(16)3;/h4-6,10-11,15H,7-8H2,1-3H3;1H. The molecular formula is C13H20BrClN2O2S. The third-order valence-electron chi connectivity index (χ3n) is 3.38. The van der Waals surface area contributed by atoms with Gasteiger partial charge in [-0.3, -0.25) is 0 Å². The molecule has 0 bridgehead atoms. The molecule has 2 atom stereocenters. The Morgan fingerprint density at radius 2 is 2.00 bits per heavy atom. The Labute approximate surface area is 135 Å². The smallest absolute Gasteiger partial charge is 0.244 e. The lowest BCUT2D eigenvalue weighted by Gasteiger charge is -2.36. The number of halogens is 2. The highest BCUT2D eigenvalue weighted by Crippen LogP contribution is 2.28. The summed E-state index contributed by atoms with van der Waals surface area (Å²) in [6.07, 6.45) is 0. The van der Waals surface area contributed by atoms with Crippen LogP contribution in [0, 0.1) is 6.92 Å². The molecule has 2 rings (SSSR count). The van der Waals surface area contributed by atoms with Gasteiger partial charge in [-0.05, 0) is 54.4 Å². The van der Waals surface area contributed by atoms with Gasteiger partial charge >= 0.3 is 0 Å². The summed E-state index contributed by atoms with van der Waals surface area (Å²) in [4.78, 5) is 0.346. The zero-order chi connectivity index (χ0) is 14.2. The number of hydrogen-bond acceptors (Lipinski definition) is 3. The zero-order valence-corrected chi connectivity index (χ0v) is 15.0. The molecule has 1 aromatic carbocycles. The van der Waals surface area contributed by atoms with Crippen LogP contribution in [-0.2, 0) is 10.0 Å². The molecule has 1 aliphatic rings. The molecule has 114 valence electrons. The van der Waals surface area contributed by atoms with Gasteiger partial charge in [-0.1, -0.05) is 6.07 Å². The minimum absolute atomic E-state index is 0. The van der Waals surface area contributed by atoms with Crippen LogP contribution in [0.5, 0.6) is 0 Å². The maximum Gasteiger partial charge on any atom is 0.244 e. The number of nitrogens with zero attached hydrogens (tertiary/aromatic N) is 1. The summed E-state index contributed by atoms with van der Waals surface area (Å²) in [7, 11) is -3.45. The van der Waals surface area contributed by atoms with Crippen LogP contribution >= 0.6 is 28.3 Å². The van der Waals surface area contributed by atoms with Crippen LogP contribution in [0.15, 0.2) is 27.6 Å². The van der Waals surface area contributed by atoms with Gasteiger partial charge in [0.2, 0.25) is 10.0 Å². The van der Waals surface area contributed by atoms with Gasteiger partial charge in [0.05, 0.1) is 4.90 Å². The van der Waals surface area contributed by atoms with Crippen LogP contribution in [0.3, 0.4) is 0 Å². The first-order chi connectivity index (χ1) is 8.82. The van der Waals surface area contributed by atoms with Crippen molar-refractivity contribution in [3.63, 3.8) is 0 Å². The largest absolute Gasteiger partial charge is 0.311 e. The van der Waals surface area contributed by atoms with Crippen LogP contribution in [0.2, 0.25) is 0 Å². The van der Waals surface area contributed by atoms with E-state index in [2.05, 4.69) is 21.2 Å². The average molecular weight is 384 g/mol. The lowest BCUT2D eigenvalue weighted by molar-refractivity contribution is 0.244. The number of rotatable bonds is 2. The Bertz CT molecular complexity index is 580. The Morgan fingerprint density at radius 1 is 1.35 bits per heavy atom. The fourth-order valence-corrected chi connectivity index (χ4v) is 5.14. The molecule has 0 radical (unpaired) electrons. The second kappa shape index (κ2) is 6.75. The highest BCUT2D eigenvalue weighted by atomic mass is 79.9. The fraction of sp³-hybridized carbons (Fsp3) is 0.538. The van der Waals surface area contributed by atoms with E-state index in [4.69, 9.17) is 0 Å². The second-order valence-electron chi connectivity index (χ2n) is 5.17. The van der Waals surface area contributed by atoms with Gasteiger partial charge in [-0.2, -0.15) is 4.31 Å². The van der Waals surface area contributed by atoms with E-state index in [0.717, 1.165) is 5.56 Å². The summed E-state index contributed by atoms with van der Waals surface area (Å²) in [5, 5.41) is 3.29. The van der Waals surface area contributed by atoms with E-state index >= 15 is 0 Å². The molecule has 4 nitrogen and oxygen atoms in total. The molecule has 0 aliphatic carbocycles. The third-order valence-corrected chi connectivity index (χ3v) is 6.34. The SMILES string of the molecule is Cc1ccc(S(=O)(=O)N2CC(C)NCC2C)c(Br)c1.Cl. The van der Waals surface area contributed by atoms with E-state index in [9.17, 15) is 8.42 Å². The van der Waals surface area contributed by atoms with Crippen molar-refractivity contribution in [2.75, 3.05) is 13.1 Å². The lowest BCUT2D eigenvalue weighted by Crippen LogP contribution is -2.56. The molecule has 7 heteroatoms. The number of nitrogens with one attached hydrogen (secondary N) is 1. The van der Waals surface area contributed by atoms with Crippen LogP contribution in [-0.4, -0.2) is 37.9 Å². The minimum atomic E-state index is -3.45. The molecule has 2 unspecified atom stereocenters. The topological polar surface area (TPSA) is 49.4 Å². The van der Waals surface area contributed by atoms with E-state index < -0.39 is 10.0 Å². The van der Waals surface area contributed by atoms with Crippen molar-refractivity contribution < 1.29 is 8.42 Å². The quantitative estimate of drug-likeness (QED) is 0.854. The molecule has 20 heavy (non-hydrogen) atoms. The molecule has 1 saturated heterocycles. The van der Waals surface area contributed by atoms with Crippen molar-refractivity contribution in [2.24, 2.45) is 0 Å². The first-order valence-electron chi connectivity index (χ1n) is 6.33. The number of benzene rings is 1.